The Morgan fingerprint density at radius 1 is 1.29 bits per heavy atom. The number of halogens is 2. The van der Waals surface area contributed by atoms with Crippen LogP contribution in [0.3, 0.4) is 0 Å². The Morgan fingerprint density at radius 3 is 2.62 bits per heavy atom. The van der Waals surface area contributed by atoms with Gasteiger partial charge in [0.15, 0.2) is 11.6 Å². The second-order valence-corrected chi connectivity index (χ2v) is 7.20. The van der Waals surface area contributed by atoms with E-state index in [0.29, 0.717) is 18.5 Å². The highest BCUT2D eigenvalue weighted by molar-refractivity contribution is 5.18. The van der Waals surface area contributed by atoms with E-state index in [-0.39, 0.29) is 5.54 Å². The monoisotopic (exact) mass is 296 g/mol. The van der Waals surface area contributed by atoms with E-state index >= 15 is 0 Å². The van der Waals surface area contributed by atoms with Gasteiger partial charge in [0, 0.05) is 31.2 Å². The van der Waals surface area contributed by atoms with E-state index in [4.69, 9.17) is 0 Å². The lowest BCUT2D eigenvalue weighted by molar-refractivity contribution is 0.0759. The molecule has 1 heterocycles. The molecule has 1 aromatic carbocycles. The van der Waals surface area contributed by atoms with Crippen LogP contribution >= 0.6 is 0 Å². The maximum Gasteiger partial charge on any atom is 0.159 e. The van der Waals surface area contributed by atoms with Gasteiger partial charge in [0.25, 0.3) is 0 Å². The topological polar surface area (TPSA) is 15.3 Å². The lowest BCUT2D eigenvalue weighted by Crippen LogP contribution is -2.61. The third-order valence-electron chi connectivity index (χ3n) is 4.04. The lowest BCUT2D eigenvalue weighted by atomic mass is 9.93. The Balaban J connectivity index is 2.13. The average Bonchev–Trinajstić information content (AvgIpc) is 2.36. The van der Waals surface area contributed by atoms with Gasteiger partial charge in [-0.25, -0.2) is 8.78 Å². The number of nitrogens with one attached hydrogen (secondary N) is 1. The van der Waals surface area contributed by atoms with Crippen molar-refractivity contribution in [3.63, 3.8) is 0 Å². The molecule has 0 amide bonds. The molecule has 0 saturated carbocycles. The fraction of sp³-hybridized carbons (Fsp3) is 0.647. The Hall–Kier alpha value is -1.00. The lowest BCUT2D eigenvalue weighted by Gasteiger charge is -2.45. The number of hydrogen-bond donors (Lipinski definition) is 1. The van der Waals surface area contributed by atoms with Crippen LogP contribution in [0.1, 0.15) is 39.7 Å². The first-order valence-corrected chi connectivity index (χ1v) is 7.70. The van der Waals surface area contributed by atoms with Gasteiger partial charge in [0.2, 0.25) is 0 Å². The molecule has 0 aliphatic carbocycles. The van der Waals surface area contributed by atoms with Crippen LogP contribution in [-0.2, 0) is 6.54 Å². The van der Waals surface area contributed by atoms with Crippen molar-refractivity contribution in [3.8, 4) is 0 Å². The summed E-state index contributed by atoms with van der Waals surface area (Å²) in [7, 11) is 0. The smallest absolute Gasteiger partial charge is 0.159 e. The summed E-state index contributed by atoms with van der Waals surface area (Å²) in [5.41, 5.74) is 0.881. The molecule has 118 valence electrons. The molecule has 1 aromatic rings. The molecular formula is C17H26F2N2. The molecule has 0 radical (unpaired) electrons. The zero-order valence-electron chi connectivity index (χ0n) is 13.4. The molecule has 2 nitrogen and oxygen atoms in total. The maximum absolute atomic E-state index is 13.4. The summed E-state index contributed by atoms with van der Waals surface area (Å²) >= 11 is 0. The number of benzene rings is 1. The molecule has 4 heteroatoms. The van der Waals surface area contributed by atoms with Gasteiger partial charge < -0.3 is 5.32 Å². The van der Waals surface area contributed by atoms with Crippen LogP contribution in [0.2, 0.25) is 0 Å². The summed E-state index contributed by atoms with van der Waals surface area (Å²) in [6.07, 6.45) is 1.10. The molecule has 1 atom stereocenters. The van der Waals surface area contributed by atoms with E-state index in [1.807, 2.05) is 0 Å². The third-order valence-corrected chi connectivity index (χ3v) is 4.04. The van der Waals surface area contributed by atoms with Crippen molar-refractivity contribution < 1.29 is 8.78 Å². The van der Waals surface area contributed by atoms with Crippen molar-refractivity contribution in [2.45, 2.75) is 52.2 Å². The minimum Gasteiger partial charge on any atom is -0.309 e. The number of nitrogens with zero attached hydrogens (tertiary/aromatic N) is 1. The van der Waals surface area contributed by atoms with E-state index < -0.39 is 11.6 Å². The molecule has 1 aliphatic heterocycles. The fourth-order valence-corrected chi connectivity index (χ4v) is 3.05. The van der Waals surface area contributed by atoms with E-state index in [1.165, 1.54) is 12.1 Å². The normalized spacial score (nSPS) is 22.7. The second kappa shape index (κ2) is 6.41. The largest absolute Gasteiger partial charge is 0.309 e. The van der Waals surface area contributed by atoms with Crippen LogP contribution in [0, 0.1) is 17.6 Å². The Kier molecular flexibility index (Phi) is 4.99. The van der Waals surface area contributed by atoms with Gasteiger partial charge in [-0.2, -0.15) is 0 Å². The minimum absolute atomic E-state index is 0.0477. The zero-order chi connectivity index (χ0) is 15.6. The minimum atomic E-state index is -0.780. The van der Waals surface area contributed by atoms with E-state index in [2.05, 4.69) is 37.9 Å². The average molecular weight is 296 g/mol. The number of hydrogen-bond acceptors (Lipinski definition) is 2. The van der Waals surface area contributed by atoms with Crippen LogP contribution in [0.4, 0.5) is 8.78 Å². The second-order valence-electron chi connectivity index (χ2n) is 7.20. The summed E-state index contributed by atoms with van der Waals surface area (Å²) in [4.78, 5) is 2.39. The molecule has 0 spiro atoms. The van der Waals surface area contributed by atoms with Crippen molar-refractivity contribution in [2.75, 3.05) is 13.1 Å². The van der Waals surface area contributed by atoms with Crippen LogP contribution < -0.4 is 5.32 Å². The van der Waals surface area contributed by atoms with Crippen molar-refractivity contribution in [1.29, 1.82) is 0 Å². The van der Waals surface area contributed by atoms with E-state index in [9.17, 15) is 8.78 Å². The van der Waals surface area contributed by atoms with Crippen molar-refractivity contribution in [2.24, 2.45) is 5.92 Å². The van der Waals surface area contributed by atoms with E-state index in [1.54, 1.807) is 6.07 Å². The molecule has 1 saturated heterocycles. The predicted molar refractivity (Wildman–Crippen MR) is 82.1 cm³/mol. The molecule has 1 N–H and O–H groups in total. The molecule has 0 bridgehead atoms. The summed E-state index contributed by atoms with van der Waals surface area (Å²) in [5, 5.41) is 3.57. The molecule has 0 aromatic heterocycles. The van der Waals surface area contributed by atoms with Gasteiger partial charge in [-0.1, -0.05) is 19.9 Å². The van der Waals surface area contributed by atoms with Crippen LogP contribution in [0.15, 0.2) is 18.2 Å². The van der Waals surface area contributed by atoms with Crippen LogP contribution in [-0.4, -0.2) is 29.6 Å². The predicted octanol–water partition coefficient (Wildman–Crippen LogP) is 3.56. The van der Waals surface area contributed by atoms with Gasteiger partial charge in [-0.05, 0) is 43.9 Å². The van der Waals surface area contributed by atoms with Crippen molar-refractivity contribution in [3.05, 3.63) is 35.4 Å². The fourth-order valence-electron chi connectivity index (χ4n) is 3.05. The number of rotatable bonds is 4. The van der Waals surface area contributed by atoms with Gasteiger partial charge in [0.05, 0.1) is 0 Å². The van der Waals surface area contributed by atoms with Gasteiger partial charge >= 0.3 is 0 Å². The molecule has 1 unspecified atom stereocenters. The summed E-state index contributed by atoms with van der Waals surface area (Å²) in [6.45, 7) is 11.3. The highest BCUT2D eigenvalue weighted by Crippen LogP contribution is 2.22. The van der Waals surface area contributed by atoms with Gasteiger partial charge in [-0.3, -0.25) is 4.90 Å². The first-order valence-electron chi connectivity index (χ1n) is 7.70. The van der Waals surface area contributed by atoms with Crippen molar-refractivity contribution in [1.82, 2.24) is 10.2 Å². The van der Waals surface area contributed by atoms with Gasteiger partial charge in [-0.15, -0.1) is 0 Å². The molecular weight excluding hydrogens is 270 g/mol. The Labute approximate surface area is 126 Å². The van der Waals surface area contributed by atoms with Crippen LogP contribution in [0.25, 0.3) is 0 Å². The van der Waals surface area contributed by atoms with Gasteiger partial charge in [0.1, 0.15) is 0 Å². The Morgan fingerprint density at radius 2 is 2.00 bits per heavy atom. The maximum atomic E-state index is 13.4. The zero-order valence-corrected chi connectivity index (χ0v) is 13.4. The SMILES string of the molecule is CC(C)CC1CNC(C)(C)CN1Cc1ccc(F)c(F)c1. The Bertz CT molecular complexity index is 486. The highest BCUT2D eigenvalue weighted by Gasteiger charge is 2.32. The highest BCUT2D eigenvalue weighted by atomic mass is 19.2. The summed E-state index contributed by atoms with van der Waals surface area (Å²) in [6, 6.07) is 4.65. The quantitative estimate of drug-likeness (QED) is 0.914. The standard InChI is InChI=1S/C17H26F2N2/c1-12(2)7-14-9-20-17(3,4)11-21(14)10-13-5-6-15(18)16(19)8-13/h5-6,8,12,14,20H,7,9-11H2,1-4H3. The molecule has 2 rings (SSSR count). The summed E-state index contributed by atoms with van der Waals surface area (Å²) in [5.74, 6) is -0.925. The first-order chi connectivity index (χ1) is 9.77. The molecule has 1 aliphatic rings. The van der Waals surface area contributed by atoms with Crippen LogP contribution in [0.5, 0.6) is 0 Å². The first kappa shape index (κ1) is 16.4. The summed E-state index contributed by atoms with van der Waals surface area (Å²) < 4.78 is 26.4. The van der Waals surface area contributed by atoms with Crippen molar-refractivity contribution >= 4 is 0 Å². The third kappa shape index (κ3) is 4.48. The molecule has 1 fully saturated rings. The number of piperazine rings is 1. The molecule has 21 heavy (non-hydrogen) atoms. The van der Waals surface area contributed by atoms with E-state index in [0.717, 1.165) is 25.1 Å².